The summed E-state index contributed by atoms with van der Waals surface area (Å²) in [7, 11) is 0. The smallest absolute Gasteiger partial charge is 0.249 e. The zero-order chi connectivity index (χ0) is 12.1. The molecule has 1 aliphatic heterocycles. The summed E-state index contributed by atoms with van der Waals surface area (Å²) in [6.45, 7) is 7.70. The summed E-state index contributed by atoms with van der Waals surface area (Å²) in [4.78, 5) is 14.0. The summed E-state index contributed by atoms with van der Waals surface area (Å²) in [5, 5.41) is 0. The SMILES string of the molecule is CC/C=C(/C)C(=O)N1CCC[C@@H]([C@@H](C)N)C1. The van der Waals surface area contributed by atoms with Crippen LogP contribution < -0.4 is 5.73 Å². The monoisotopic (exact) mass is 224 g/mol. The van der Waals surface area contributed by atoms with E-state index in [-0.39, 0.29) is 11.9 Å². The van der Waals surface area contributed by atoms with Crippen molar-refractivity contribution in [3.05, 3.63) is 11.6 Å². The maximum absolute atomic E-state index is 12.1. The second kappa shape index (κ2) is 6.04. The fraction of sp³-hybridized carbons (Fsp3) is 0.769. The molecule has 2 atom stereocenters. The lowest BCUT2D eigenvalue weighted by molar-refractivity contribution is -0.129. The standard InChI is InChI=1S/C13H24N2O/c1-4-6-10(2)13(16)15-8-5-7-12(9-15)11(3)14/h6,11-12H,4-5,7-9,14H2,1-3H3/b10-6-/t11-,12-/m1/s1. The van der Waals surface area contributed by atoms with Gasteiger partial charge in [-0.1, -0.05) is 13.0 Å². The number of rotatable bonds is 3. The Balaban J connectivity index is 2.60. The normalized spacial score (nSPS) is 24.4. The highest BCUT2D eigenvalue weighted by atomic mass is 16.2. The fourth-order valence-electron chi connectivity index (χ4n) is 2.27. The molecule has 0 aliphatic carbocycles. The van der Waals surface area contributed by atoms with E-state index in [4.69, 9.17) is 5.73 Å². The predicted octanol–water partition coefficient (Wildman–Crippen LogP) is 1.93. The molecular formula is C13H24N2O. The molecule has 2 N–H and O–H groups in total. The molecule has 0 aromatic rings. The number of hydrogen-bond acceptors (Lipinski definition) is 2. The van der Waals surface area contributed by atoms with Gasteiger partial charge in [-0.25, -0.2) is 0 Å². The van der Waals surface area contributed by atoms with Gasteiger partial charge in [-0.05, 0) is 39.0 Å². The van der Waals surface area contributed by atoms with Gasteiger partial charge in [0.2, 0.25) is 5.91 Å². The topological polar surface area (TPSA) is 46.3 Å². The van der Waals surface area contributed by atoms with Gasteiger partial charge in [0.25, 0.3) is 0 Å². The van der Waals surface area contributed by atoms with E-state index in [0.717, 1.165) is 37.9 Å². The Morgan fingerprint density at radius 2 is 2.31 bits per heavy atom. The highest BCUT2D eigenvalue weighted by molar-refractivity contribution is 5.92. The quantitative estimate of drug-likeness (QED) is 0.745. The van der Waals surface area contributed by atoms with Crippen LogP contribution in [0.5, 0.6) is 0 Å². The Morgan fingerprint density at radius 1 is 1.62 bits per heavy atom. The molecule has 0 aromatic heterocycles. The molecular weight excluding hydrogens is 200 g/mol. The lowest BCUT2D eigenvalue weighted by atomic mass is 9.92. The molecule has 0 aromatic carbocycles. The van der Waals surface area contributed by atoms with E-state index in [1.165, 1.54) is 0 Å². The molecule has 1 fully saturated rings. The number of allylic oxidation sites excluding steroid dienone is 1. The molecule has 0 bridgehead atoms. The highest BCUT2D eigenvalue weighted by Gasteiger charge is 2.25. The van der Waals surface area contributed by atoms with Crippen molar-refractivity contribution in [1.82, 2.24) is 4.90 Å². The molecule has 1 aliphatic rings. The number of carbonyl (C=O) groups is 1. The first-order valence-electron chi connectivity index (χ1n) is 6.27. The van der Waals surface area contributed by atoms with Crippen LogP contribution in [-0.4, -0.2) is 29.9 Å². The van der Waals surface area contributed by atoms with Crippen molar-refractivity contribution < 1.29 is 4.79 Å². The third kappa shape index (κ3) is 3.34. The summed E-state index contributed by atoms with van der Waals surface area (Å²) in [5.41, 5.74) is 6.78. The number of hydrogen-bond donors (Lipinski definition) is 1. The molecule has 3 heteroatoms. The summed E-state index contributed by atoms with van der Waals surface area (Å²) >= 11 is 0. The molecule has 0 saturated carbocycles. The van der Waals surface area contributed by atoms with Crippen LogP contribution in [0.2, 0.25) is 0 Å². The van der Waals surface area contributed by atoms with Crippen molar-refractivity contribution in [2.45, 2.75) is 46.1 Å². The van der Waals surface area contributed by atoms with E-state index in [1.807, 2.05) is 24.8 Å². The number of carbonyl (C=O) groups excluding carboxylic acids is 1. The molecule has 1 saturated heterocycles. The summed E-state index contributed by atoms with van der Waals surface area (Å²) in [5.74, 6) is 0.652. The molecule has 0 spiro atoms. The van der Waals surface area contributed by atoms with Crippen molar-refractivity contribution in [1.29, 1.82) is 0 Å². The van der Waals surface area contributed by atoms with Crippen LogP contribution in [0.1, 0.15) is 40.0 Å². The van der Waals surface area contributed by atoms with E-state index < -0.39 is 0 Å². The zero-order valence-electron chi connectivity index (χ0n) is 10.7. The second-order valence-corrected chi connectivity index (χ2v) is 4.81. The van der Waals surface area contributed by atoms with Crippen molar-refractivity contribution in [2.24, 2.45) is 11.7 Å². The Bertz CT molecular complexity index is 271. The van der Waals surface area contributed by atoms with Gasteiger partial charge in [-0.3, -0.25) is 4.79 Å². The first-order chi connectivity index (χ1) is 7.56. The fourth-order valence-corrected chi connectivity index (χ4v) is 2.27. The van der Waals surface area contributed by atoms with Crippen LogP contribution in [0.3, 0.4) is 0 Å². The lowest BCUT2D eigenvalue weighted by Crippen LogP contribution is -2.45. The highest BCUT2D eigenvalue weighted by Crippen LogP contribution is 2.20. The van der Waals surface area contributed by atoms with Gasteiger partial charge in [0.05, 0.1) is 0 Å². The molecule has 0 unspecified atom stereocenters. The van der Waals surface area contributed by atoms with Gasteiger partial charge in [0.1, 0.15) is 0 Å². The molecule has 16 heavy (non-hydrogen) atoms. The number of nitrogens with two attached hydrogens (primary N) is 1. The minimum absolute atomic E-state index is 0.186. The minimum Gasteiger partial charge on any atom is -0.339 e. The minimum atomic E-state index is 0.186. The molecule has 1 rings (SSSR count). The summed E-state index contributed by atoms with van der Waals surface area (Å²) in [6.07, 6.45) is 5.15. The van der Waals surface area contributed by atoms with Gasteiger partial charge >= 0.3 is 0 Å². The van der Waals surface area contributed by atoms with Crippen molar-refractivity contribution in [3.63, 3.8) is 0 Å². The molecule has 1 amide bonds. The van der Waals surface area contributed by atoms with Gasteiger partial charge in [0, 0.05) is 24.7 Å². The first-order valence-corrected chi connectivity index (χ1v) is 6.27. The maximum Gasteiger partial charge on any atom is 0.249 e. The molecule has 3 nitrogen and oxygen atoms in total. The maximum atomic E-state index is 12.1. The van der Waals surface area contributed by atoms with Crippen LogP contribution in [0, 0.1) is 5.92 Å². The van der Waals surface area contributed by atoms with E-state index in [0.29, 0.717) is 5.92 Å². The second-order valence-electron chi connectivity index (χ2n) is 4.81. The Hall–Kier alpha value is -0.830. The molecule has 92 valence electrons. The van der Waals surface area contributed by atoms with Crippen molar-refractivity contribution in [2.75, 3.05) is 13.1 Å². The Kier molecular flexibility index (Phi) is 5.00. The first kappa shape index (κ1) is 13.2. The Morgan fingerprint density at radius 3 is 2.88 bits per heavy atom. The van der Waals surface area contributed by atoms with Gasteiger partial charge < -0.3 is 10.6 Å². The average molecular weight is 224 g/mol. The summed E-state index contributed by atoms with van der Waals surface area (Å²) < 4.78 is 0. The van der Waals surface area contributed by atoms with Gasteiger partial charge in [0.15, 0.2) is 0 Å². The van der Waals surface area contributed by atoms with E-state index in [9.17, 15) is 4.79 Å². The van der Waals surface area contributed by atoms with E-state index in [1.54, 1.807) is 0 Å². The number of likely N-dealkylation sites (tertiary alicyclic amines) is 1. The molecule has 0 radical (unpaired) electrons. The summed E-state index contributed by atoms with van der Waals surface area (Å²) in [6, 6.07) is 0.186. The number of nitrogens with zero attached hydrogens (tertiary/aromatic N) is 1. The lowest BCUT2D eigenvalue weighted by Gasteiger charge is -2.34. The van der Waals surface area contributed by atoms with Crippen LogP contribution >= 0.6 is 0 Å². The molecule has 1 heterocycles. The van der Waals surface area contributed by atoms with Crippen LogP contribution in [-0.2, 0) is 4.79 Å². The van der Waals surface area contributed by atoms with Crippen molar-refractivity contribution >= 4 is 5.91 Å². The third-order valence-electron chi connectivity index (χ3n) is 3.34. The Labute approximate surface area is 98.7 Å². The van der Waals surface area contributed by atoms with E-state index in [2.05, 4.69) is 6.92 Å². The average Bonchev–Trinajstić information content (AvgIpc) is 2.28. The predicted molar refractivity (Wildman–Crippen MR) is 67.0 cm³/mol. The third-order valence-corrected chi connectivity index (χ3v) is 3.34. The van der Waals surface area contributed by atoms with Crippen LogP contribution in [0.15, 0.2) is 11.6 Å². The van der Waals surface area contributed by atoms with Gasteiger partial charge in [-0.2, -0.15) is 0 Å². The van der Waals surface area contributed by atoms with E-state index >= 15 is 0 Å². The van der Waals surface area contributed by atoms with Gasteiger partial charge in [-0.15, -0.1) is 0 Å². The number of piperidine rings is 1. The largest absolute Gasteiger partial charge is 0.339 e. The zero-order valence-corrected chi connectivity index (χ0v) is 10.7. The van der Waals surface area contributed by atoms with Crippen LogP contribution in [0.25, 0.3) is 0 Å². The van der Waals surface area contributed by atoms with Crippen LogP contribution in [0.4, 0.5) is 0 Å². The van der Waals surface area contributed by atoms with Crippen molar-refractivity contribution in [3.8, 4) is 0 Å². The number of amides is 1.